The van der Waals surface area contributed by atoms with Crippen LogP contribution < -0.4 is 5.01 Å². The molecule has 92 valence electrons. The van der Waals surface area contributed by atoms with Crippen molar-refractivity contribution in [1.82, 2.24) is 0 Å². The summed E-state index contributed by atoms with van der Waals surface area (Å²) in [5.41, 5.74) is 0.977. The number of carbonyl (C=O) groups excluding carboxylic acids is 1. The van der Waals surface area contributed by atoms with E-state index in [1.54, 1.807) is 30.0 Å². The predicted molar refractivity (Wildman–Crippen MR) is 68.8 cm³/mol. The van der Waals surface area contributed by atoms with Crippen molar-refractivity contribution in [1.29, 1.82) is 0 Å². The lowest BCUT2D eigenvalue weighted by Crippen LogP contribution is -2.27. The van der Waals surface area contributed by atoms with E-state index in [4.69, 9.17) is 0 Å². The monoisotopic (exact) mass is 263 g/mol. The third-order valence-corrected chi connectivity index (χ3v) is 4.05. The minimum absolute atomic E-state index is 0.0946. The normalized spacial score (nSPS) is 22.0. The Bertz CT molecular complexity index is 572. The smallest absolute Gasteiger partial charge is 0.272 e. The molecule has 1 saturated heterocycles. The van der Waals surface area contributed by atoms with Gasteiger partial charge in [-0.2, -0.15) is 21.9 Å². The molecule has 2 heterocycles. The first-order valence-electron chi connectivity index (χ1n) is 5.41. The third-order valence-electron chi connectivity index (χ3n) is 2.98. The van der Waals surface area contributed by atoms with Gasteiger partial charge in [0.25, 0.3) is 11.6 Å². The Labute approximate surface area is 107 Å². The number of hydrogen-bond acceptors (Lipinski definition) is 5. The number of amides is 1. The Morgan fingerprint density at radius 1 is 1.44 bits per heavy atom. The van der Waals surface area contributed by atoms with E-state index in [9.17, 15) is 14.9 Å². The molecular weight excluding hydrogens is 254 g/mol. The van der Waals surface area contributed by atoms with E-state index < -0.39 is 4.92 Å². The lowest BCUT2D eigenvalue weighted by Gasteiger charge is -2.13. The number of hydrazone groups is 1. The van der Waals surface area contributed by atoms with Gasteiger partial charge in [0.05, 0.1) is 16.6 Å². The van der Waals surface area contributed by atoms with Crippen LogP contribution in [0.2, 0.25) is 0 Å². The number of nitrogens with zero attached hydrogens (tertiary/aromatic N) is 3. The standard InChI is InChI=1S/C11H9N3O3S/c15-11-7-5-18-6-8(7)12-13(11)9-3-1-2-4-10(9)14(16)17/h1-4,7H,5-6H2. The van der Waals surface area contributed by atoms with E-state index >= 15 is 0 Å². The maximum absolute atomic E-state index is 12.1. The van der Waals surface area contributed by atoms with Crippen LogP contribution in [0.4, 0.5) is 11.4 Å². The minimum atomic E-state index is -0.494. The zero-order valence-corrected chi connectivity index (χ0v) is 10.1. The van der Waals surface area contributed by atoms with Crippen molar-refractivity contribution in [3.63, 3.8) is 0 Å². The van der Waals surface area contributed by atoms with E-state index in [0.717, 1.165) is 17.2 Å². The van der Waals surface area contributed by atoms with Crippen LogP contribution in [0.15, 0.2) is 29.4 Å². The van der Waals surface area contributed by atoms with Crippen LogP contribution in [-0.2, 0) is 4.79 Å². The lowest BCUT2D eigenvalue weighted by atomic mass is 10.1. The van der Waals surface area contributed by atoms with Crippen molar-refractivity contribution in [3.8, 4) is 0 Å². The topological polar surface area (TPSA) is 75.8 Å². The first-order valence-corrected chi connectivity index (χ1v) is 6.56. The molecule has 1 amide bonds. The number of hydrogen-bond donors (Lipinski definition) is 0. The van der Waals surface area contributed by atoms with Gasteiger partial charge >= 0.3 is 0 Å². The fraction of sp³-hybridized carbons (Fsp3) is 0.273. The zero-order valence-electron chi connectivity index (χ0n) is 9.28. The van der Waals surface area contributed by atoms with Crippen LogP contribution in [0, 0.1) is 16.0 Å². The van der Waals surface area contributed by atoms with Gasteiger partial charge in [-0.1, -0.05) is 12.1 Å². The molecule has 0 aromatic heterocycles. The first-order chi connectivity index (χ1) is 8.68. The molecule has 0 radical (unpaired) electrons. The number of nitro benzene ring substituents is 1. The Hall–Kier alpha value is -1.89. The molecule has 0 N–H and O–H groups in total. The summed E-state index contributed by atoms with van der Waals surface area (Å²) in [5, 5.41) is 16.3. The highest BCUT2D eigenvalue weighted by Crippen LogP contribution is 2.35. The predicted octanol–water partition coefficient (Wildman–Crippen LogP) is 1.66. The SMILES string of the molecule is O=C1C2CSCC2=NN1c1ccccc1[N+](=O)[O-]. The van der Waals surface area contributed by atoms with Gasteiger partial charge in [0, 0.05) is 17.6 Å². The molecule has 18 heavy (non-hydrogen) atoms. The van der Waals surface area contributed by atoms with Crippen LogP contribution >= 0.6 is 11.8 Å². The van der Waals surface area contributed by atoms with Crippen molar-refractivity contribution >= 4 is 34.8 Å². The second kappa shape index (κ2) is 4.09. The van der Waals surface area contributed by atoms with E-state index in [0.29, 0.717) is 0 Å². The number of benzene rings is 1. The lowest BCUT2D eigenvalue weighted by molar-refractivity contribution is -0.384. The summed E-state index contributed by atoms with van der Waals surface area (Å²) >= 11 is 1.67. The molecule has 6 nitrogen and oxygen atoms in total. The Balaban J connectivity index is 2.04. The Morgan fingerprint density at radius 2 is 2.22 bits per heavy atom. The number of nitro groups is 1. The number of carbonyl (C=O) groups is 1. The molecule has 0 saturated carbocycles. The summed E-state index contributed by atoms with van der Waals surface area (Å²) in [6.45, 7) is 0. The summed E-state index contributed by atoms with van der Waals surface area (Å²) in [4.78, 5) is 22.6. The van der Waals surface area contributed by atoms with Gasteiger partial charge in [0.2, 0.25) is 0 Å². The molecule has 1 atom stereocenters. The number of fused-ring (bicyclic) bond motifs is 1. The maximum Gasteiger partial charge on any atom is 0.295 e. The van der Waals surface area contributed by atoms with Crippen molar-refractivity contribution < 1.29 is 9.72 Å². The van der Waals surface area contributed by atoms with Crippen molar-refractivity contribution in [2.45, 2.75) is 0 Å². The third kappa shape index (κ3) is 1.59. The van der Waals surface area contributed by atoms with E-state index in [1.165, 1.54) is 11.1 Å². The number of rotatable bonds is 2. The van der Waals surface area contributed by atoms with Crippen LogP contribution in [-0.4, -0.2) is 28.0 Å². The minimum Gasteiger partial charge on any atom is -0.272 e. The molecule has 1 unspecified atom stereocenters. The molecule has 0 bridgehead atoms. The highest BCUT2D eigenvalue weighted by atomic mass is 32.2. The molecule has 2 aliphatic rings. The largest absolute Gasteiger partial charge is 0.295 e. The molecule has 1 aromatic carbocycles. The van der Waals surface area contributed by atoms with Gasteiger partial charge in [-0.3, -0.25) is 14.9 Å². The van der Waals surface area contributed by atoms with Gasteiger partial charge in [0.15, 0.2) is 0 Å². The van der Waals surface area contributed by atoms with Gasteiger partial charge < -0.3 is 0 Å². The van der Waals surface area contributed by atoms with Crippen molar-refractivity contribution in [3.05, 3.63) is 34.4 Å². The summed E-state index contributed by atoms with van der Waals surface area (Å²) in [7, 11) is 0. The summed E-state index contributed by atoms with van der Waals surface area (Å²) in [5.74, 6) is 1.08. The number of para-hydroxylation sites is 2. The van der Waals surface area contributed by atoms with E-state index in [2.05, 4.69) is 5.10 Å². The van der Waals surface area contributed by atoms with Crippen LogP contribution in [0.25, 0.3) is 0 Å². The Kier molecular flexibility index (Phi) is 2.55. The second-order valence-electron chi connectivity index (χ2n) is 4.05. The second-order valence-corrected chi connectivity index (χ2v) is 5.09. The molecule has 7 heteroatoms. The summed E-state index contributed by atoms with van der Waals surface area (Å²) in [6, 6.07) is 6.17. The quantitative estimate of drug-likeness (QED) is 0.600. The highest BCUT2D eigenvalue weighted by molar-refractivity contribution is 8.00. The number of thioether (sulfide) groups is 1. The number of anilines is 1. The maximum atomic E-state index is 12.1. The van der Waals surface area contributed by atoms with Gasteiger partial charge in [-0.05, 0) is 6.07 Å². The molecule has 0 spiro atoms. The highest BCUT2D eigenvalue weighted by Gasteiger charge is 2.41. The first kappa shape index (κ1) is 11.2. The molecule has 3 rings (SSSR count). The summed E-state index contributed by atoms with van der Waals surface area (Å²) in [6.07, 6.45) is 0. The Morgan fingerprint density at radius 3 is 2.94 bits per heavy atom. The van der Waals surface area contributed by atoms with Crippen molar-refractivity contribution in [2.75, 3.05) is 16.5 Å². The fourth-order valence-electron chi connectivity index (χ4n) is 2.09. The fourth-order valence-corrected chi connectivity index (χ4v) is 3.24. The molecule has 1 aromatic rings. The van der Waals surface area contributed by atoms with Crippen LogP contribution in [0.5, 0.6) is 0 Å². The average molecular weight is 263 g/mol. The van der Waals surface area contributed by atoms with Crippen molar-refractivity contribution in [2.24, 2.45) is 11.0 Å². The van der Waals surface area contributed by atoms with E-state index in [-0.39, 0.29) is 23.2 Å². The average Bonchev–Trinajstić information content (AvgIpc) is 2.93. The van der Waals surface area contributed by atoms with Crippen LogP contribution in [0.1, 0.15) is 0 Å². The molecule has 1 fully saturated rings. The molecule has 2 aliphatic heterocycles. The zero-order chi connectivity index (χ0) is 12.7. The van der Waals surface area contributed by atoms with Gasteiger partial charge in [-0.25, -0.2) is 0 Å². The summed E-state index contributed by atoms with van der Waals surface area (Å²) < 4.78 is 0. The van der Waals surface area contributed by atoms with E-state index in [1.807, 2.05) is 0 Å². The molecular formula is C11H9N3O3S. The molecule has 0 aliphatic carbocycles. The van der Waals surface area contributed by atoms with Gasteiger partial charge in [-0.15, -0.1) is 0 Å². The van der Waals surface area contributed by atoms with Crippen LogP contribution in [0.3, 0.4) is 0 Å². The van der Waals surface area contributed by atoms with Gasteiger partial charge in [0.1, 0.15) is 5.69 Å².